The number of hydrogen-bond donors (Lipinski definition) is 3. The molecule has 1 saturated heterocycles. The molecule has 1 aromatic rings. The average Bonchev–Trinajstić information content (AvgIpc) is 2.63. The van der Waals surface area contributed by atoms with Gasteiger partial charge in [-0.15, -0.1) is 0 Å². The number of aromatic nitrogens is 3. The smallest absolute Gasteiger partial charge is 0.246 e. The van der Waals surface area contributed by atoms with Gasteiger partial charge in [-0.1, -0.05) is 33.1 Å². The summed E-state index contributed by atoms with van der Waals surface area (Å²) in [6.07, 6.45) is 5.48. The van der Waals surface area contributed by atoms with Crippen molar-refractivity contribution in [1.29, 1.82) is 0 Å². The predicted molar refractivity (Wildman–Crippen MR) is 100.0 cm³/mol. The van der Waals surface area contributed by atoms with Gasteiger partial charge in [-0.3, -0.25) is 25.6 Å². The molecule has 2 amide bonds. The fourth-order valence-corrected chi connectivity index (χ4v) is 2.71. The highest BCUT2D eigenvalue weighted by atomic mass is 16.5. The Labute approximate surface area is 159 Å². The second-order valence-electron chi connectivity index (χ2n) is 6.60. The summed E-state index contributed by atoms with van der Waals surface area (Å²) in [5.74, 6) is 0.677. The van der Waals surface area contributed by atoms with Crippen LogP contribution in [0.25, 0.3) is 0 Å². The van der Waals surface area contributed by atoms with Crippen LogP contribution in [-0.2, 0) is 16.0 Å². The minimum atomic E-state index is -0.526. The molecule has 0 unspecified atom stereocenters. The van der Waals surface area contributed by atoms with Gasteiger partial charge in [0.05, 0.1) is 12.5 Å². The Hall–Kier alpha value is -2.49. The standard InChI is InChI=1S/C17H29N7O3/c1-3-5-6-8-13(11-24(27)12-25)15(26)21-22-16-18-14(4-2)19-17(20-16)23-9-7-10-23/h12-13,27H,3-11H2,1-2H3,(H,21,26)(H,18,19,20,22)/t13-/m1/s1. The van der Waals surface area contributed by atoms with E-state index in [1.807, 2.05) is 6.92 Å². The quantitative estimate of drug-likeness (QED) is 0.214. The van der Waals surface area contributed by atoms with Crippen molar-refractivity contribution in [2.24, 2.45) is 5.92 Å². The zero-order valence-corrected chi connectivity index (χ0v) is 16.0. The molecule has 1 aromatic heterocycles. The molecule has 2 heterocycles. The molecule has 0 bridgehead atoms. The third-order valence-electron chi connectivity index (χ3n) is 4.48. The summed E-state index contributed by atoms with van der Waals surface area (Å²) in [7, 11) is 0. The summed E-state index contributed by atoms with van der Waals surface area (Å²) in [5, 5.41) is 9.94. The van der Waals surface area contributed by atoms with Crippen molar-refractivity contribution in [3.63, 3.8) is 0 Å². The van der Waals surface area contributed by atoms with Gasteiger partial charge in [-0.2, -0.15) is 15.0 Å². The van der Waals surface area contributed by atoms with Crippen molar-refractivity contribution >= 4 is 24.2 Å². The first-order chi connectivity index (χ1) is 13.1. The molecule has 150 valence electrons. The van der Waals surface area contributed by atoms with E-state index >= 15 is 0 Å². The van der Waals surface area contributed by atoms with Crippen LogP contribution in [0.15, 0.2) is 0 Å². The number of amides is 2. The van der Waals surface area contributed by atoms with Gasteiger partial charge < -0.3 is 4.90 Å². The second kappa shape index (κ2) is 10.6. The Morgan fingerprint density at radius 2 is 2.07 bits per heavy atom. The van der Waals surface area contributed by atoms with E-state index < -0.39 is 5.92 Å². The molecule has 0 spiro atoms. The van der Waals surface area contributed by atoms with Crippen LogP contribution in [-0.4, -0.2) is 57.2 Å². The Bertz CT molecular complexity index is 625. The molecule has 27 heavy (non-hydrogen) atoms. The maximum Gasteiger partial charge on any atom is 0.246 e. The number of aryl methyl sites for hydroxylation is 1. The highest BCUT2D eigenvalue weighted by Crippen LogP contribution is 2.17. The van der Waals surface area contributed by atoms with E-state index in [-0.39, 0.29) is 18.4 Å². The molecule has 1 fully saturated rings. The number of rotatable bonds is 12. The van der Waals surface area contributed by atoms with E-state index in [2.05, 4.69) is 37.6 Å². The van der Waals surface area contributed by atoms with E-state index in [1.165, 1.54) is 0 Å². The summed E-state index contributed by atoms with van der Waals surface area (Å²) >= 11 is 0. The molecule has 10 nitrogen and oxygen atoms in total. The molecule has 0 saturated carbocycles. The van der Waals surface area contributed by atoms with Crippen LogP contribution in [0.3, 0.4) is 0 Å². The molecular weight excluding hydrogens is 350 g/mol. The van der Waals surface area contributed by atoms with Crippen LogP contribution >= 0.6 is 0 Å². The summed E-state index contributed by atoms with van der Waals surface area (Å²) < 4.78 is 0. The topological polar surface area (TPSA) is 124 Å². The van der Waals surface area contributed by atoms with Gasteiger partial charge in [0, 0.05) is 19.5 Å². The highest BCUT2D eigenvalue weighted by Gasteiger charge is 2.22. The van der Waals surface area contributed by atoms with Gasteiger partial charge in [0.1, 0.15) is 5.82 Å². The molecule has 0 aromatic carbocycles. The first-order valence-electron chi connectivity index (χ1n) is 9.53. The van der Waals surface area contributed by atoms with E-state index in [1.54, 1.807) is 0 Å². The summed E-state index contributed by atoms with van der Waals surface area (Å²) in [4.78, 5) is 38.3. The lowest BCUT2D eigenvalue weighted by atomic mass is 10.0. The third-order valence-corrected chi connectivity index (χ3v) is 4.48. The molecule has 3 N–H and O–H groups in total. The van der Waals surface area contributed by atoms with Crippen molar-refractivity contribution < 1.29 is 14.8 Å². The third kappa shape index (κ3) is 6.31. The largest absolute Gasteiger partial charge is 0.341 e. The molecule has 2 rings (SSSR count). The van der Waals surface area contributed by atoms with Crippen molar-refractivity contribution in [3.8, 4) is 0 Å². The van der Waals surface area contributed by atoms with Crippen LogP contribution in [0, 0.1) is 5.92 Å². The van der Waals surface area contributed by atoms with Gasteiger partial charge in [0.2, 0.25) is 24.2 Å². The van der Waals surface area contributed by atoms with Gasteiger partial charge in [0.25, 0.3) is 0 Å². The molecule has 1 aliphatic heterocycles. The summed E-state index contributed by atoms with van der Waals surface area (Å²) in [6, 6.07) is 0. The fraction of sp³-hybridized carbons (Fsp3) is 0.706. The number of carbonyl (C=O) groups excluding carboxylic acids is 2. The predicted octanol–water partition coefficient (Wildman–Crippen LogP) is 1.13. The summed E-state index contributed by atoms with van der Waals surface area (Å²) in [5.41, 5.74) is 5.34. The van der Waals surface area contributed by atoms with Crippen LogP contribution in [0.2, 0.25) is 0 Å². The number of hydrazine groups is 1. The van der Waals surface area contributed by atoms with Crippen LogP contribution < -0.4 is 15.8 Å². The van der Waals surface area contributed by atoms with Crippen molar-refractivity contribution in [1.82, 2.24) is 25.4 Å². The second-order valence-corrected chi connectivity index (χ2v) is 6.60. The molecule has 1 aliphatic rings. The molecule has 10 heteroatoms. The minimum absolute atomic E-state index is 0.0584. The first-order valence-corrected chi connectivity index (χ1v) is 9.53. The van der Waals surface area contributed by atoms with E-state index in [0.29, 0.717) is 36.1 Å². The van der Waals surface area contributed by atoms with E-state index in [9.17, 15) is 14.8 Å². The maximum atomic E-state index is 12.5. The number of nitrogens with one attached hydrogen (secondary N) is 2. The lowest BCUT2D eigenvalue weighted by Crippen LogP contribution is -2.41. The first kappa shape index (κ1) is 20.8. The number of hydroxylamine groups is 2. The average molecular weight is 379 g/mol. The number of anilines is 2. The van der Waals surface area contributed by atoms with Crippen LogP contribution in [0.4, 0.5) is 11.9 Å². The van der Waals surface area contributed by atoms with E-state index in [4.69, 9.17) is 0 Å². The highest BCUT2D eigenvalue weighted by molar-refractivity contribution is 5.80. The number of hydrogen-bond acceptors (Lipinski definition) is 8. The molecule has 0 aliphatic carbocycles. The summed E-state index contributed by atoms with van der Waals surface area (Å²) in [6.45, 7) is 5.79. The monoisotopic (exact) mass is 379 g/mol. The normalized spacial score (nSPS) is 14.3. The van der Waals surface area contributed by atoms with Crippen LogP contribution in [0.5, 0.6) is 0 Å². The molecule has 0 radical (unpaired) electrons. The minimum Gasteiger partial charge on any atom is -0.341 e. The van der Waals surface area contributed by atoms with Crippen molar-refractivity contribution in [3.05, 3.63) is 5.82 Å². The molecule has 1 atom stereocenters. The van der Waals surface area contributed by atoms with E-state index in [0.717, 1.165) is 38.8 Å². The zero-order valence-electron chi connectivity index (χ0n) is 16.0. The Morgan fingerprint density at radius 3 is 2.67 bits per heavy atom. The number of nitrogens with zero attached hydrogens (tertiary/aromatic N) is 5. The SMILES string of the molecule is CCCCC[C@H](CN(O)C=O)C(=O)NNc1nc(CC)nc(N2CCC2)n1. The Kier molecular flexibility index (Phi) is 8.18. The lowest BCUT2D eigenvalue weighted by Gasteiger charge is -2.31. The van der Waals surface area contributed by atoms with Crippen LogP contribution in [0.1, 0.15) is 51.8 Å². The Morgan fingerprint density at radius 1 is 1.30 bits per heavy atom. The van der Waals surface area contributed by atoms with Gasteiger partial charge in [-0.05, 0) is 12.8 Å². The van der Waals surface area contributed by atoms with Gasteiger partial charge in [-0.25, -0.2) is 5.06 Å². The zero-order chi connectivity index (χ0) is 19.6. The van der Waals surface area contributed by atoms with Crippen molar-refractivity contribution in [2.75, 3.05) is 30.0 Å². The lowest BCUT2D eigenvalue weighted by molar-refractivity contribution is -0.154. The number of carbonyl (C=O) groups is 2. The maximum absolute atomic E-state index is 12.5. The Balaban J connectivity index is 1.98. The van der Waals surface area contributed by atoms with Gasteiger partial charge in [0.15, 0.2) is 0 Å². The fourth-order valence-electron chi connectivity index (χ4n) is 2.71. The van der Waals surface area contributed by atoms with Crippen molar-refractivity contribution in [2.45, 2.75) is 52.4 Å². The van der Waals surface area contributed by atoms with Gasteiger partial charge >= 0.3 is 0 Å². The molecular formula is C17H29N7O3. The number of unbranched alkanes of at least 4 members (excludes halogenated alkanes) is 2.